The zero-order valence-electron chi connectivity index (χ0n) is 16.1. The second-order valence-electron chi connectivity index (χ2n) is 7.13. The molecule has 0 aliphatic carbocycles. The van der Waals surface area contributed by atoms with Gasteiger partial charge in [0, 0.05) is 17.4 Å². The summed E-state index contributed by atoms with van der Waals surface area (Å²) >= 11 is 1.64. The van der Waals surface area contributed by atoms with Crippen LogP contribution >= 0.6 is 11.8 Å². The van der Waals surface area contributed by atoms with E-state index in [4.69, 9.17) is 9.47 Å². The number of anilines is 1. The fraction of sp³-hybridized carbons (Fsp3) is 0.409. The molecule has 1 amide bonds. The molecule has 1 fully saturated rings. The van der Waals surface area contributed by atoms with E-state index in [1.165, 1.54) is 5.56 Å². The summed E-state index contributed by atoms with van der Waals surface area (Å²) in [4.78, 5) is 16.0. The van der Waals surface area contributed by atoms with Gasteiger partial charge in [-0.05, 0) is 55.5 Å². The number of rotatable bonds is 5. The van der Waals surface area contributed by atoms with Crippen LogP contribution in [0.15, 0.2) is 47.4 Å². The lowest BCUT2D eigenvalue weighted by Gasteiger charge is -2.25. The molecule has 0 spiro atoms. The highest BCUT2D eigenvalue weighted by atomic mass is 32.2. The Morgan fingerprint density at radius 1 is 1.14 bits per heavy atom. The number of nitrogens with one attached hydrogen (secondary N) is 1. The van der Waals surface area contributed by atoms with Crippen molar-refractivity contribution in [1.82, 2.24) is 4.90 Å². The Balaban J connectivity index is 1.45. The van der Waals surface area contributed by atoms with Gasteiger partial charge in [-0.25, -0.2) is 0 Å². The van der Waals surface area contributed by atoms with E-state index in [2.05, 4.69) is 22.3 Å². The van der Waals surface area contributed by atoms with Crippen molar-refractivity contribution in [3.05, 3.63) is 48.0 Å². The number of ether oxygens (including phenoxy) is 2. The monoisotopic (exact) mass is 398 g/mol. The molecule has 0 aromatic heterocycles. The summed E-state index contributed by atoms with van der Waals surface area (Å²) in [6.45, 7) is 2.69. The minimum atomic E-state index is 0.0303. The number of fused-ring (bicyclic) bond motifs is 1. The Hall–Kier alpha value is -2.18. The number of carbonyl (C=O) groups excluding carboxylic acids is 1. The van der Waals surface area contributed by atoms with E-state index in [9.17, 15) is 4.79 Å². The predicted octanol–water partition coefficient (Wildman–Crippen LogP) is 4.35. The summed E-state index contributed by atoms with van der Waals surface area (Å²) in [7, 11) is 0. The number of nitrogens with zero attached hydrogens (tertiary/aromatic N) is 1. The molecule has 0 bridgehead atoms. The molecule has 4 rings (SSSR count). The van der Waals surface area contributed by atoms with Crippen LogP contribution in [0, 0.1) is 0 Å². The fourth-order valence-electron chi connectivity index (χ4n) is 3.90. The molecule has 2 aliphatic heterocycles. The number of hydrogen-bond acceptors (Lipinski definition) is 5. The Labute approximate surface area is 170 Å². The first kappa shape index (κ1) is 19.2. The average molecular weight is 399 g/mol. The number of para-hydroxylation sites is 1. The zero-order chi connectivity index (χ0) is 19.3. The first-order valence-corrected chi connectivity index (χ1v) is 11.0. The molecule has 28 heavy (non-hydrogen) atoms. The molecule has 2 heterocycles. The van der Waals surface area contributed by atoms with Crippen LogP contribution < -0.4 is 14.8 Å². The number of amides is 1. The summed E-state index contributed by atoms with van der Waals surface area (Å²) in [5.41, 5.74) is 2.07. The van der Waals surface area contributed by atoms with Crippen LogP contribution in [0.5, 0.6) is 11.5 Å². The molecule has 1 N–H and O–H groups in total. The molecule has 2 aromatic rings. The molecule has 5 nitrogen and oxygen atoms in total. The lowest BCUT2D eigenvalue weighted by atomic mass is 10.0. The second kappa shape index (κ2) is 8.88. The first-order chi connectivity index (χ1) is 13.7. The summed E-state index contributed by atoms with van der Waals surface area (Å²) in [5, 5.41) is 3.07. The van der Waals surface area contributed by atoms with Gasteiger partial charge in [0.1, 0.15) is 0 Å². The smallest absolute Gasteiger partial charge is 0.238 e. The van der Waals surface area contributed by atoms with Crippen molar-refractivity contribution in [3.63, 3.8) is 0 Å². The van der Waals surface area contributed by atoms with Crippen LogP contribution in [0.1, 0.15) is 30.9 Å². The molecule has 6 heteroatoms. The Morgan fingerprint density at radius 3 is 2.82 bits per heavy atom. The van der Waals surface area contributed by atoms with Crippen molar-refractivity contribution >= 4 is 23.4 Å². The molecule has 0 radical (unpaired) electrons. The summed E-state index contributed by atoms with van der Waals surface area (Å²) in [5.74, 6) is 1.67. The van der Waals surface area contributed by atoms with Crippen molar-refractivity contribution in [1.29, 1.82) is 0 Å². The van der Waals surface area contributed by atoms with Gasteiger partial charge >= 0.3 is 0 Å². The SMILES string of the molecule is CSc1ccccc1NC(=O)CN1CCC[C@@H]1c1ccc2c(c1)OCCCO2. The summed E-state index contributed by atoms with van der Waals surface area (Å²) in [6.07, 6.45) is 5.06. The molecule has 2 aliphatic rings. The lowest BCUT2D eigenvalue weighted by Crippen LogP contribution is -2.33. The lowest BCUT2D eigenvalue weighted by molar-refractivity contribution is -0.117. The van der Waals surface area contributed by atoms with E-state index in [1.807, 2.05) is 36.6 Å². The maximum Gasteiger partial charge on any atom is 0.238 e. The van der Waals surface area contributed by atoms with E-state index < -0.39 is 0 Å². The van der Waals surface area contributed by atoms with Crippen molar-refractivity contribution in [2.45, 2.75) is 30.2 Å². The number of likely N-dealkylation sites (tertiary alicyclic amines) is 1. The number of thioether (sulfide) groups is 1. The van der Waals surface area contributed by atoms with Gasteiger partial charge in [-0.3, -0.25) is 9.69 Å². The van der Waals surface area contributed by atoms with Crippen molar-refractivity contribution < 1.29 is 14.3 Å². The highest BCUT2D eigenvalue weighted by Crippen LogP contribution is 2.37. The molecule has 2 aromatic carbocycles. The maximum atomic E-state index is 12.7. The third-order valence-corrected chi connectivity index (χ3v) is 6.04. The minimum Gasteiger partial charge on any atom is -0.490 e. The van der Waals surface area contributed by atoms with Crippen LogP contribution in [0.3, 0.4) is 0 Å². The summed E-state index contributed by atoms with van der Waals surface area (Å²) in [6, 6.07) is 14.3. The van der Waals surface area contributed by atoms with Crippen molar-refractivity contribution in [2.24, 2.45) is 0 Å². The van der Waals surface area contributed by atoms with Crippen LogP contribution in [0.4, 0.5) is 5.69 Å². The number of benzene rings is 2. The molecule has 0 unspecified atom stereocenters. The van der Waals surface area contributed by atoms with Crippen LogP contribution in [0.25, 0.3) is 0 Å². The van der Waals surface area contributed by atoms with Gasteiger partial charge in [-0.1, -0.05) is 18.2 Å². The topological polar surface area (TPSA) is 50.8 Å². The van der Waals surface area contributed by atoms with E-state index in [1.54, 1.807) is 11.8 Å². The van der Waals surface area contributed by atoms with Gasteiger partial charge in [-0.15, -0.1) is 11.8 Å². The second-order valence-corrected chi connectivity index (χ2v) is 7.98. The minimum absolute atomic E-state index is 0.0303. The van der Waals surface area contributed by atoms with Gasteiger partial charge in [0.05, 0.1) is 25.4 Å². The number of hydrogen-bond donors (Lipinski definition) is 1. The van der Waals surface area contributed by atoms with Gasteiger partial charge in [-0.2, -0.15) is 0 Å². The van der Waals surface area contributed by atoms with Gasteiger partial charge < -0.3 is 14.8 Å². The zero-order valence-corrected chi connectivity index (χ0v) is 17.0. The van der Waals surface area contributed by atoms with Crippen molar-refractivity contribution in [2.75, 3.05) is 37.9 Å². The van der Waals surface area contributed by atoms with Gasteiger partial charge in [0.25, 0.3) is 0 Å². The largest absolute Gasteiger partial charge is 0.490 e. The standard InChI is InChI=1S/C22H26N2O3S/c1-28-21-8-3-2-6-17(21)23-22(25)15-24-11-4-7-18(24)16-9-10-19-20(14-16)27-13-5-12-26-19/h2-3,6,8-10,14,18H,4-5,7,11-13,15H2,1H3,(H,23,25)/t18-/m1/s1. The number of carbonyl (C=O) groups is 1. The molecule has 148 valence electrons. The molecule has 1 atom stereocenters. The van der Waals surface area contributed by atoms with Crippen LogP contribution in [0.2, 0.25) is 0 Å². The Bertz CT molecular complexity index is 842. The highest BCUT2D eigenvalue weighted by Gasteiger charge is 2.28. The van der Waals surface area contributed by atoms with Gasteiger partial charge in [0.15, 0.2) is 11.5 Å². The molecular formula is C22H26N2O3S. The molecule has 0 saturated carbocycles. The first-order valence-electron chi connectivity index (χ1n) is 9.81. The molecule has 1 saturated heterocycles. The van der Waals surface area contributed by atoms with Crippen LogP contribution in [-0.4, -0.2) is 43.4 Å². The quantitative estimate of drug-likeness (QED) is 0.759. The third kappa shape index (κ3) is 4.28. The predicted molar refractivity (Wildman–Crippen MR) is 112 cm³/mol. The maximum absolute atomic E-state index is 12.7. The van der Waals surface area contributed by atoms with Crippen LogP contribution in [-0.2, 0) is 4.79 Å². The summed E-state index contributed by atoms with van der Waals surface area (Å²) < 4.78 is 11.6. The van der Waals surface area contributed by atoms with E-state index in [0.717, 1.165) is 47.9 Å². The Morgan fingerprint density at radius 2 is 1.96 bits per heavy atom. The third-order valence-electron chi connectivity index (χ3n) is 5.25. The Kier molecular flexibility index (Phi) is 6.07. The van der Waals surface area contributed by atoms with E-state index in [-0.39, 0.29) is 11.9 Å². The van der Waals surface area contributed by atoms with E-state index in [0.29, 0.717) is 19.8 Å². The average Bonchev–Trinajstić information content (AvgIpc) is 3.03. The van der Waals surface area contributed by atoms with E-state index >= 15 is 0 Å². The normalized spacial score (nSPS) is 19.2. The van der Waals surface area contributed by atoms with Gasteiger partial charge in [0.2, 0.25) is 5.91 Å². The fourth-order valence-corrected chi connectivity index (χ4v) is 4.46. The molecular weight excluding hydrogens is 372 g/mol. The van der Waals surface area contributed by atoms with Crippen molar-refractivity contribution in [3.8, 4) is 11.5 Å². The highest BCUT2D eigenvalue weighted by molar-refractivity contribution is 7.98.